The number of rotatable bonds is 8. The maximum Gasteiger partial charge on any atom is 0.262 e. The van der Waals surface area contributed by atoms with E-state index in [2.05, 4.69) is 10.0 Å². The predicted octanol–water partition coefficient (Wildman–Crippen LogP) is 3.32. The summed E-state index contributed by atoms with van der Waals surface area (Å²) in [5.74, 6) is -0.466. The van der Waals surface area contributed by atoms with Gasteiger partial charge in [0, 0.05) is 12.2 Å². The summed E-state index contributed by atoms with van der Waals surface area (Å²) in [6.07, 6.45) is 0. The zero-order valence-corrected chi connectivity index (χ0v) is 16.2. The molecule has 0 aliphatic carbocycles. The van der Waals surface area contributed by atoms with Gasteiger partial charge in [0.1, 0.15) is 11.6 Å². The molecule has 0 radical (unpaired) electrons. The molecule has 0 fully saturated rings. The summed E-state index contributed by atoms with van der Waals surface area (Å²) in [4.78, 5) is 12.0. The quantitative estimate of drug-likeness (QED) is 0.592. The van der Waals surface area contributed by atoms with E-state index in [1.54, 1.807) is 0 Å². The van der Waals surface area contributed by atoms with Crippen LogP contribution in [-0.2, 0) is 21.4 Å². The van der Waals surface area contributed by atoms with Crippen molar-refractivity contribution < 1.29 is 22.3 Å². The highest BCUT2D eigenvalue weighted by Crippen LogP contribution is 2.16. The first-order valence-electron chi connectivity index (χ1n) is 8.74. The van der Waals surface area contributed by atoms with Crippen molar-refractivity contribution in [2.45, 2.75) is 11.4 Å². The summed E-state index contributed by atoms with van der Waals surface area (Å²) in [5.41, 5.74) is 1.30. The minimum Gasteiger partial charge on any atom is -0.484 e. The SMILES string of the molecule is O=C(COc1ccc(S(=O)(=O)NCc2ccccc2)cc1)Nc1ccc(F)cc1. The standard InChI is InChI=1S/C21H19FN2O4S/c22-17-6-8-18(9-7-17)24-21(25)15-28-19-10-12-20(13-11-19)29(26,27)23-14-16-4-2-1-3-5-16/h1-13,23H,14-15H2,(H,24,25). The highest BCUT2D eigenvalue weighted by Gasteiger charge is 2.14. The molecule has 0 atom stereocenters. The number of carbonyl (C=O) groups is 1. The molecule has 8 heteroatoms. The van der Waals surface area contributed by atoms with E-state index in [-0.39, 0.29) is 18.0 Å². The van der Waals surface area contributed by atoms with Crippen LogP contribution in [0.5, 0.6) is 5.75 Å². The van der Waals surface area contributed by atoms with Crippen LogP contribution < -0.4 is 14.8 Å². The number of benzene rings is 3. The first-order chi connectivity index (χ1) is 13.9. The molecule has 0 aliphatic heterocycles. The largest absolute Gasteiger partial charge is 0.484 e. The molecule has 0 aliphatic rings. The zero-order valence-electron chi connectivity index (χ0n) is 15.3. The van der Waals surface area contributed by atoms with Crippen LogP contribution in [0.1, 0.15) is 5.56 Å². The third kappa shape index (κ3) is 6.13. The number of hydrogen-bond acceptors (Lipinski definition) is 4. The minimum atomic E-state index is -3.67. The van der Waals surface area contributed by atoms with Crippen LogP contribution in [0, 0.1) is 5.82 Å². The molecule has 0 unspecified atom stereocenters. The number of sulfonamides is 1. The number of hydrogen-bond donors (Lipinski definition) is 2. The molecule has 0 saturated carbocycles. The van der Waals surface area contributed by atoms with Crippen molar-refractivity contribution in [3.05, 3.63) is 90.2 Å². The molecule has 2 N–H and O–H groups in total. The molecule has 0 heterocycles. The van der Waals surface area contributed by atoms with E-state index in [9.17, 15) is 17.6 Å². The summed E-state index contributed by atoms with van der Waals surface area (Å²) in [5, 5.41) is 2.57. The molecule has 3 aromatic carbocycles. The van der Waals surface area contributed by atoms with Gasteiger partial charge in [0.2, 0.25) is 10.0 Å². The third-order valence-electron chi connectivity index (χ3n) is 3.94. The van der Waals surface area contributed by atoms with Crippen molar-refractivity contribution in [2.24, 2.45) is 0 Å². The van der Waals surface area contributed by atoms with Crippen molar-refractivity contribution in [3.63, 3.8) is 0 Å². The van der Waals surface area contributed by atoms with Gasteiger partial charge in [0.05, 0.1) is 4.90 Å². The number of carbonyl (C=O) groups excluding carboxylic acids is 1. The fourth-order valence-electron chi connectivity index (χ4n) is 2.45. The Balaban J connectivity index is 1.52. The van der Waals surface area contributed by atoms with Gasteiger partial charge >= 0.3 is 0 Å². The van der Waals surface area contributed by atoms with Crippen LogP contribution in [0.2, 0.25) is 0 Å². The Morgan fingerprint density at radius 3 is 2.21 bits per heavy atom. The van der Waals surface area contributed by atoms with Crippen molar-refractivity contribution >= 4 is 21.6 Å². The molecule has 0 aromatic heterocycles. The minimum absolute atomic E-state index is 0.0940. The van der Waals surface area contributed by atoms with Gasteiger partial charge in [-0.15, -0.1) is 0 Å². The lowest BCUT2D eigenvalue weighted by Crippen LogP contribution is -2.23. The molecule has 0 saturated heterocycles. The van der Waals surface area contributed by atoms with Gasteiger partial charge in [-0.2, -0.15) is 0 Å². The van der Waals surface area contributed by atoms with Crippen LogP contribution in [0.4, 0.5) is 10.1 Å². The molecule has 3 aromatic rings. The Morgan fingerprint density at radius 2 is 1.55 bits per heavy atom. The van der Waals surface area contributed by atoms with E-state index in [4.69, 9.17) is 4.74 Å². The van der Waals surface area contributed by atoms with Crippen LogP contribution in [-0.4, -0.2) is 20.9 Å². The number of nitrogens with one attached hydrogen (secondary N) is 2. The molecule has 1 amide bonds. The average Bonchev–Trinajstić information content (AvgIpc) is 2.74. The summed E-state index contributed by atoms with van der Waals surface area (Å²) >= 11 is 0. The van der Waals surface area contributed by atoms with Gasteiger partial charge in [-0.25, -0.2) is 17.5 Å². The molecule has 6 nitrogen and oxygen atoms in total. The Labute approximate surface area is 168 Å². The third-order valence-corrected chi connectivity index (χ3v) is 5.36. The molecule has 0 bridgehead atoms. The maximum atomic E-state index is 12.9. The van der Waals surface area contributed by atoms with Gasteiger partial charge in [-0.1, -0.05) is 30.3 Å². The maximum absolute atomic E-state index is 12.9. The smallest absolute Gasteiger partial charge is 0.262 e. The summed E-state index contributed by atoms with van der Waals surface area (Å²) in [6.45, 7) is -0.0826. The monoisotopic (exact) mass is 414 g/mol. The normalized spacial score (nSPS) is 11.1. The fourth-order valence-corrected chi connectivity index (χ4v) is 3.47. The number of anilines is 1. The second-order valence-corrected chi connectivity index (χ2v) is 7.89. The van der Waals surface area contributed by atoms with Gasteiger partial charge in [0.15, 0.2) is 6.61 Å². The Kier molecular flexibility index (Phi) is 6.58. The Morgan fingerprint density at radius 1 is 0.897 bits per heavy atom. The van der Waals surface area contributed by atoms with Crippen molar-refractivity contribution in [3.8, 4) is 5.75 Å². The van der Waals surface area contributed by atoms with Crippen LogP contribution in [0.3, 0.4) is 0 Å². The van der Waals surface area contributed by atoms with Crippen molar-refractivity contribution in [1.29, 1.82) is 0 Å². The highest BCUT2D eigenvalue weighted by molar-refractivity contribution is 7.89. The highest BCUT2D eigenvalue weighted by atomic mass is 32.2. The summed E-state index contributed by atoms with van der Waals surface area (Å²) in [7, 11) is -3.67. The molecule has 0 spiro atoms. The molecule has 29 heavy (non-hydrogen) atoms. The topological polar surface area (TPSA) is 84.5 Å². The number of amides is 1. The van der Waals surface area contributed by atoms with Crippen molar-refractivity contribution in [1.82, 2.24) is 4.72 Å². The first kappa shape index (κ1) is 20.5. The van der Waals surface area contributed by atoms with Gasteiger partial charge < -0.3 is 10.1 Å². The van der Waals surface area contributed by atoms with E-state index in [1.807, 2.05) is 30.3 Å². The van der Waals surface area contributed by atoms with E-state index in [1.165, 1.54) is 48.5 Å². The molecule has 150 valence electrons. The van der Waals surface area contributed by atoms with Gasteiger partial charge in [0.25, 0.3) is 5.91 Å². The Hall–Kier alpha value is -3.23. The van der Waals surface area contributed by atoms with E-state index in [0.29, 0.717) is 11.4 Å². The van der Waals surface area contributed by atoms with Crippen LogP contribution in [0.25, 0.3) is 0 Å². The number of halogens is 1. The van der Waals surface area contributed by atoms with Crippen LogP contribution >= 0.6 is 0 Å². The Bertz CT molecular complexity index is 1050. The van der Waals surface area contributed by atoms with E-state index in [0.717, 1.165) is 5.56 Å². The fraction of sp³-hybridized carbons (Fsp3) is 0.0952. The lowest BCUT2D eigenvalue weighted by atomic mass is 10.2. The van der Waals surface area contributed by atoms with Crippen molar-refractivity contribution in [2.75, 3.05) is 11.9 Å². The molecular formula is C21H19FN2O4S. The van der Waals surface area contributed by atoms with E-state index >= 15 is 0 Å². The lowest BCUT2D eigenvalue weighted by molar-refractivity contribution is -0.118. The van der Waals surface area contributed by atoms with Gasteiger partial charge in [-0.05, 0) is 54.1 Å². The van der Waals surface area contributed by atoms with Crippen LogP contribution in [0.15, 0.2) is 83.8 Å². The average molecular weight is 414 g/mol. The molecular weight excluding hydrogens is 395 g/mol. The predicted molar refractivity (Wildman–Crippen MR) is 107 cm³/mol. The molecule has 3 rings (SSSR count). The van der Waals surface area contributed by atoms with Gasteiger partial charge in [-0.3, -0.25) is 4.79 Å². The zero-order chi connectivity index (χ0) is 20.7. The number of ether oxygens (including phenoxy) is 1. The second kappa shape index (κ2) is 9.31. The van der Waals surface area contributed by atoms with E-state index < -0.39 is 21.7 Å². The summed E-state index contributed by atoms with van der Waals surface area (Å²) < 4.78 is 45.5. The lowest BCUT2D eigenvalue weighted by Gasteiger charge is -2.09. The summed E-state index contributed by atoms with van der Waals surface area (Å²) in [6, 6.07) is 20.3. The first-order valence-corrected chi connectivity index (χ1v) is 10.2. The second-order valence-electron chi connectivity index (χ2n) is 6.13.